The van der Waals surface area contributed by atoms with E-state index < -0.39 is 16.9 Å². The van der Waals surface area contributed by atoms with E-state index >= 15 is 0 Å². The lowest BCUT2D eigenvalue weighted by molar-refractivity contribution is -0.137. The van der Waals surface area contributed by atoms with Gasteiger partial charge in [-0.15, -0.1) is 0 Å². The second-order valence-corrected chi connectivity index (χ2v) is 6.48. The highest BCUT2D eigenvalue weighted by Crippen LogP contribution is 2.34. The van der Waals surface area contributed by atoms with E-state index in [-0.39, 0.29) is 5.95 Å². The van der Waals surface area contributed by atoms with Gasteiger partial charge in [-0.2, -0.15) is 13.2 Å². The van der Waals surface area contributed by atoms with Gasteiger partial charge in [0.2, 0.25) is 5.95 Å². The average molecular weight is 371 g/mol. The van der Waals surface area contributed by atoms with Gasteiger partial charge in [-0.1, -0.05) is 23.7 Å². The number of hydrogen-bond donors (Lipinski definition) is 2. The van der Waals surface area contributed by atoms with E-state index in [1.807, 2.05) is 19.1 Å². The van der Waals surface area contributed by atoms with E-state index in [0.717, 1.165) is 37.2 Å². The molecule has 0 bridgehead atoms. The van der Waals surface area contributed by atoms with E-state index in [4.69, 9.17) is 11.6 Å². The minimum Gasteiger partial charge on any atom is -0.324 e. The molecule has 134 valence electrons. The largest absolute Gasteiger partial charge is 0.420 e. The highest BCUT2D eigenvalue weighted by molar-refractivity contribution is 6.30. The van der Waals surface area contributed by atoms with Crippen LogP contribution in [-0.4, -0.2) is 23.1 Å². The predicted molar refractivity (Wildman–Crippen MR) is 91.4 cm³/mol. The standard InChI is InChI=1S/C17H18ClF3N4/c1-10-8-12(11-4-6-22-7-5-11)2-3-14(10)24-16-23-9-13(15(18)25-16)17(19,20)21/h2-3,8-9,11,22H,4-7H2,1H3,(H,23,24,25). The minimum absolute atomic E-state index is 0.0377. The van der Waals surface area contributed by atoms with Gasteiger partial charge in [-0.25, -0.2) is 9.97 Å². The smallest absolute Gasteiger partial charge is 0.324 e. The summed E-state index contributed by atoms with van der Waals surface area (Å²) in [7, 11) is 0. The molecule has 1 fully saturated rings. The Kier molecular flexibility index (Phi) is 5.15. The van der Waals surface area contributed by atoms with Gasteiger partial charge in [0.1, 0.15) is 10.7 Å². The number of anilines is 2. The lowest BCUT2D eigenvalue weighted by Crippen LogP contribution is -2.26. The van der Waals surface area contributed by atoms with Crippen LogP contribution in [0.25, 0.3) is 0 Å². The number of aryl methyl sites for hydroxylation is 1. The summed E-state index contributed by atoms with van der Waals surface area (Å²) in [4.78, 5) is 7.42. The Hall–Kier alpha value is -1.86. The van der Waals surface area contributed by atoms with Crippen LogP contribution in [0, 0.1) is 6.92 Å². The van der Waals surface area contributed by atoms with E-state index in [1.54, 1.807) is 0 Å². The van der Waals surface area contributed by atoms with Crippen LogP contribution in [0.15, 0.2) is 24.4 Å². The molecule has 1 aromatic carbocycles. The summed E-state index contributed by atoms with van der Waals surface area (Å²) in [5, 5.41) is 5.66. The van der Waals surface area contributed by atoms with Crippen molar-refractivity contribution < 1.29 is 13.2 Å². The molecule has 0 atom stereocenters. The maximum Gasteiger partial charge on any atom is 0.420 e. The lowest BCUT2D eigenvalue weighted by atomic mass is 9.89. The molecule has 3 rings (SSSR count). The molecule has 2 N–H and O–H groups in total. The zero-order valence-electron chi connectivity index (χ0n) is 13.6. The first-order valence-electron chi connectivity index (χ1n) is 8.02. The Labute approximate surface area is 148 Å². The molecule has 4 nitrogen and oxygen atoms in total. The Bertz CT molecular complexity index is 758. The van der Waals surface area contributed by atoms with Crippen LogP contribution in [-0.2, 0) is 6.18 Å². The second kappa shape index (κ2) is 7.17. The fraction of sp³-hybridized carbons (Fsp3) is 0.412. The zero-order chi connectivity index (χ0) is 18.0. The number of aromatic nitrogens is 2. The summed E-state index contributed by atoms with van der Waals surface area (Å²) >= 11 is 5.63. The summed E-state index contributed by atoms with van der Waals surface area (Å²) in [5.41, 5.74) is 1.96. The van der Waals surface area contributed by atoms with Crippen molar-refractivity contribution in [3.05, 3.63) is 46.2 Å². The maximum atomic E-state index is 12.7. The molecule has 8 heteroatoms. The number of piperidine rings is 1. The number of nitrogens with one attached hydrogen (secondary N) is 2. The van der Waals surface area contributed by atoms with Crippen LogP contribution in [0.2, 0.25) is 5.15 Å². The third-order valence-electron chi connectivity index (χ3n) is 4.36. The molecule has 1 aromatic heterocycles. The van der Waals surface area contributed by atoms with Gasteiger partial charge in [-0.3, -0.25) is 0 Å². The molecular weight excluding hydrogens is 353 g/mol. The van der Waals surface area contributed by atoms with Gasteiger partial charge in [0, 0.05) is 11.9 Å². The van der Waals surface area contributed by atoms with Crippen LogP contribution in [0.4, 0.5) is 24.8 Å². The topological polar surface area (TPSA) is 49.8 Å². The molecule has 2 aromatic rings. The van der Waals surface area contributed by atoms with Gasteiger partial charge in [0.15, 0.2) is 0 Å². The summed E-state index contributed by atoms with van der Waals surface area (Å²) in [6.07, 6.45) is -1.67. The minimum atomic E-state index is -4.57. The number of rotatable bonds is 3. The monoisotopic (exact) mass is 370 g/mol. The molecule has 0 unspecified atom stereocenters. The van der Waals surface area contributed by atoms with Gasteiger partial charge < -0.3 is 10.6 Å². The van der Waals surface area contributed by atoms with Crippen LogP contribution in [0.5, 0.6) is 0 Å². The summed E-state index contributed by atoms with van der Waals surface area (Å²) in [5.74, 6) is 0.571. The second-order valence-electron chi connectivity index (χ2n) is 6.12. The Morgan fingerprint density at radius 3 is 2.56 bits per heavy atom. The van der Waals surface area contributed by atoms with Gasteiger partial charge in [0.25, 0.3) is 0 Å². The van der Waals surface area contributed by atoms with Gasteiger partial charge in [0.05, 0.1) is 0 Å². The first kappa shape index (κ1) is 17.9. The van der Waals surface area contributed by atoms with Crippen molar-refractivity contribution >= 4 is 23.2 Å². The maximum absolute atomic E-state index is 12.7. The van der Waals surface area contributed by atoms with Crippen molar-refractivity contribution in [2.45, 2.75) is 31.9 Å². The molecule has 0 spiro atoms. The fourth-order valence-electron chi connectivity index (χ4n) is 2.97. The Morgan fingerprint density at radius 2 is 1.96 bits per heavy atom. The molecule has 0 aliphatic carbocycles. The van der Waals surface area contributed by atoms with E-state index in [2.05, 4.69) is 26.7 Å². The molecule has 1 saturated heterocycles. The Morgan fingerprint density at radius 1 is 1.24 bits per heavy atom. The van der Waals surface area contributed by atoms with Gasteiger partial charge in [-0.05, 0) is 56.0 Å². The van der Waals surface area contributed by atoms with Crippen molar-refractivity contribution in [2.24, 2.45) is 0 Å². The fourth-order valence-corrected chi connectivity index (χ4v) is 3.20. The number of nitrogens with zero attached hydrogens (tertiary/aromatic N) is 2. The molecule has 25 heavy (non-hydrogen) atoms. The summed E-state index contributed by atoms with van der Waals surface area (Å²) in [6, 6.07) is 6.04. The number of benzene rings is 1. The van der Waals surface area contributed by atoms with Crippen LogP contribution >= 0.6 is 11.6 Å². The predicted octanol–water partition coefficient (Wildman–Crippen LogP) is 4.67. The highest BCUT2D eigenvalue weighted by atomic mass is 35.5. The number of hydrogen-bond acceptors (Lipinski definition) is 4. The first-order valence-corrected chi connectivity index (χ1v) is 8.40. The molecule has 0 amide bonds. The molecule has 0 saturated carbocycles. The molecule has 2 heterocycles. The summed E-state index contributed by atoms with van der Waals surface area (Å²) < 4.78 is 38.1. The van der Waals surface area contributed by atoms with Crippen molar-refractivity contribution in [2.75, 3.05) is 18.4 Å². The van der Waals surface area contributed by atoms with E-state index in [9.17, 15) is 13.2 Å². The van der Waals surface area contributed by atoms with Crippen molar-refractivity contribution in [3.8, 4) is 0 Å². The third kappa shape index (κ3) is 4.22. The highest BCUT2D eigenvalue weighted by Gasteiger charge is 2.34. The molecule has 0 radical (unpaired) electrons. The number of halogens is 4. The van der Waals surface area contributed by atoms with Crippen molar-refractivity contribution in [1.82, 2.24) is 15.3 Å². The van der Waals surface area contributed by atoms with Crippen LogP contribution in [0.1, 0.15) is 35.4 Å². The molecular formula is C17H18ClF3N4. The quantitative estimate of drug-likeness (QED) is 0.771. The molecule has 1 aliphatic rings. The summed E-state index contributed by atoms with van der Waals surface area (Å²) in [6.45, 7) is 3.97. The lowest BCUT2D eigenvalue weighted by Gasteiger charge is -2.23. The van der Waals surface area contributed by atoms with E-state index in [1.165, 1.54) is 5.56 Å². The Balaban J connectivity index is 1.78. The van der Waals surface area contributed by atoms with Crippen LogP contribution in [0.3, 0.4) is 0 Å². The van der Waals surface area contributed by atoms with Crippen molar-refractivity contribution in [3.63, 3.8) is 0 Å². The normalized spacial score (nSPS) is 16.0. The average Bonchev–Trinajstić information content (AvgIpc) is 2.56. The van der Waals surface area contributed by atoms with Gasteiger partial charge >= 0.3 is 6.18 Å². The van der Waals surface area contributed by atoms with Crippen molar-refractivity contribution in [1.29, 1.82) is 0 Å². The first-order chi connectivity index (χ1) is 11.8. The third-order valence-corrected chi connectivity index (χ3v) is 4.64. The zero-order valence-corrected chi connectivity index (χ0v) is 14.4. The number of alkyl halides is 3. The van der Waals surface area contributed by atoms with Crippen LogP contribution < -0.4 is 10.6 Å². The molecule has 1 aliphatic heterocycles. The SMILES string of the molecule is Cc1cc(C2CCNCC2)ccc1Nc1ncc(C(F)(F)F)c(Cl)n1. The van der Waals surface area contributed by atoms with E-state index in [0.29, 0.717) is 12.1 Å².